The summed E-state index contributed by atoms with van der Waals surface area (Å²) in [6.45, 7) is 5.76. The van der Waals surface area contributed by atoms with Gasteiger partial charge in [-0.25, -0.2) is 0 Å². The maximum atomic E-state index is 12.5. The van der Waals surface area contributed by atoms with Crippen LogP contribution < -0.4 is 9.64 Å². The van der Waals surface area contributed by atoms with Gasteiger partial charge in [0, 0.05) is 36.1 Å². The fraction of sp³-hybridized carbons (Fsp3) is 0.350. The smallest absolute Gasteiger partial charge is 0.233 e. The quantitative estimate of drug-likeness (QED) is 0.693. The minimum Gasteiger partial charge on any atom is -0.492 e. The van der Waals surface area contributed by atoms with Crippen LogP contribution in [-0.4, -0.2) is 49.3 Å². The lowest BCUT2D eigenvalue weighted by Gasteiger charge is -2.36. The molecule has 2 aromatic carbocycles. The Kier molecular flexibility index (Phi) is 6.69. The van der Waals surface area contributed by atoms with Gasteiger partial charge in [0.25, 0.3) is 0 Å². The van der Waals surface area contributed by atoms with E-state index in [1.807, 2.05) is 54.3 Å². The third-order valence-corrected chi connectivity index (χ3v) is 5.56. The van der Waals surface area contributed by atoms with E-state index in [2.05, 4.69) is 11.0 Å². The van der Waals surface area contributed by atoms with Crippen LogP contribution in [0.1, 0.15) is 6.92 Å². The molecule has 0 unspecified atom stereocenters. The molecule has 2 aromatic rings. The van der Waals surface area contributed by atoms with Crippen LogP contribution in [-0.2, 0) is 4.79 Å². The lowest BCUT2D eigenvalue weighted by atomic mass is 10.2. The topological polar surface area (TPSA) is 32.8 Å². The van der Waals surface area contributed by atoms with Crippen LogP contribution in [0.15, 0.2) is 53.4 Å². The number of benzene rings is 2. The maximum absolute atomic E-state index is 12.5. The molecule has 0 bridgehead atoms. The van der Waals surface area contributed by atoms with Crippen molar-refractivity contribution in [1.82, 2.24) is 4.90 Å². The summed E-state index contributed by atoms with van der Waals surface area (Å²) in [5.41, 5.74) is 1.11. The molecule has 0 spiro atoms. The maximum Gasteiger partial charge on any atom is 0.233 e. The summed E-state index contributed by atoms with van der Waals surface area (Å²) in [4.78, 5) is 17.8. The molecule has 4 nitrogen and oxygen atoms in total. The summed E-state index contributed by atoms with van der Waals surface area (Å²) in [5.74, 6) is 1.55. The number of hydrogen-bond acceptors (Lipinski definition) is 4. The van der Waals surface area contributed by atoms with Gasteiger partial charge in [0.15, 0.2) is 0 Å². The molecule has 26 heavy (non-hydrogen) atoms. The van der Waals surface area contributed by atoms with Gasteiger partial charge in [-0.05, 0) is 43.3 Å². The van der Waals surface area contributed by atoms with Crippen molar-refractivity contribution in [2.24, 2.45) is 0 Å². The molecule has 1 aliphatic rings. The summed E-state index contributed by atoms with van der Waals surface area (Å²) < 4.78 is 5.73. The lowest BCUT2D eigenvalue weighted by molar-refractivity contribution is -0.128. The van der Waals surface area contributed by atoms with Crippen LogP contribution in [0.25, 0.3) is 0 Å². The zero-order chi connectivity index (χ0) is 18.4. The number of rotatable bonds is 6. The molecule has 0 aromatic heterocycles. The number of anilines is 1. The highest BCUT2D eigenvalue weighted by atomic mass is 35.5. The number of nitrogens with zero attached hydrogens (tertiary/aromatic N) is 2. The molecule has 3 rings (SSSR count). The number of carbonyl (C=O) groups is 1. The molecule has 1 amide bonds. The second-order valence-electron chi connectivity index (χ2n) is 6.01. The second kappa shape index (κ2) is 9.19. The highest BCUT2D eigenvalue weighted by molar-refractivity contribution is 8.00. The number of thioether (sulfide) groups is 1. The molecule has 1 heterocycles. The number of piperazine rings is 1. The van der Waals surface area contributed by atoms with E-state index in [4.69, 9.17) is 16.3 Å². The average molecular weight is 391 g/mol. The Morgan fingerprint density at radius 3 is 2.46 bits per heavy atom. The predicted octanol–water partition coefficient (Wildman–Crippen LogP) is 4.18. The first-order chi connectivity index (χ1) is 12.7. The molecule has 138 valence electrons. The predicted molar refractivity (Wildman–Crippen MR) is 109 cm³/mol. The first kappa shape index (κ1) is 18.9. The van der Waals surface area contributed by atoms with Crippen LogP contribution in [0.5, 0.6) is 5.75 Å². The fourth-order valence-electron chi connectivity index (χ4n) is 2.96. The first-order valence-corrected chi connectivity index (χ1v) is 10.2. The molecule has 1 aliphatic heterocycles. The number of hydrogen-bond donors (Lipinski definition) is 0. The highest BCUT2D eigenvalue weighted by Gasteiger charge is 2.22. The third-order valence-electron chi connectivity index (χ3n) is 4.31. The fourth-order valence-corrected chi connectivity index (χ4v) is 3.89. The molecular formula is C20H23ClN2O2S. The molecule has 0 N–H and O–H groups in total. The van der Waals surface area contributed by atoms with E-state index in [9.17, 15) is 4.79 Å². The van der Waals surface area contributed by atoms with Crippen molar-refractivity contribution in [2.45, 2.75) is 11.8 Å². The molecule has 0 radical (unpaired) electrons. The first-order valence-electron chi connectivity index (χ1n) is 8.80. The van der Waals surface area contributed by atoms with Crippen LogP contribution in [0, 0.1) is 0 Å². The average Bonchev–Trinajstić information content (AvgIpc) is 2.68. The van der Waals surface area contributed by atoms with Gasteiger partial charge in [-0.15, -0.1) is 11.8 Å². The molecular weight excluding hydrogens is 368 g/mol. The molecule has 0 saturated carbocycles. The Morgan fingerprint density at radius 1 is 1.08 bits per heavy atom. The van der Waals surface area contributed by atoms with E-state index < -0.39 is 0 Å². The van der Waals surface area contributed by atoms with Gasteiger partial charge < -0.3 is 14.5 Å². The molecule has 6 heteroatoms. The molecule has 0 aliphatic carbocycles. The molecule has 0 atom stereocenters. The van der Waals surface area contributed by atoms with Crippen molar-refractivity contribution in [1.29, 1.82) is 0 Å². The largest absolute Gasteiger partial charge is 0.492 e. The Morgan fingerprint density at radius 2 is 1.77 bits per heavy atom. The Labute approximate surface area is 164 Å². The summed E-state index contributed by atoms with van der Waals surface area (Å²) in [6.07, 6.45) is 0. The number of amides is 1. The summed E-state index contributed by atoms with van der Waals surface area (Å²) in [7, 11) is 0. The van der Waals surface area contributed by atoms with Gasteiger partial charge in [0.1, 0.15) is 5.75 Å². The van der Waals surface area contributed by atoms with E-state index in [0.29, 0.717) is 17.4 Å². The van der Waals surface area contributed by atoms with E-state index in [1.54, 1.807) is 11.8 Å². The van der Waals surface area contributed by atoms with Crippen LogP contribution in [0.3, 0.4) is 0 Å². The minimum atomic E-state index is 0.183. The number of ether oxygens (including phenoxy) is 1. The SMILES string of the molecule is CCOc1ccccc1N1CCN(C(=O)CSc2ccc(Cl)cc2)CC1. The lowest BCUT2D eigenvalue weighted by Crippen LogP contribution is -2.49. The Balaban J connectivity index is 1.51. The van der Waals surface area contributed by atoms with Gasteiger partial charge in [0.05, 0.1) is 18.0 Å². The van der Waals surface area contributed by atoms with Crippen molar-refractivity contribution in [3.05, 3.63) is 53.6 Å². The van der Waals surface area contributed by atoms with Gasteiger partial charge in [-0.3, -0.25) is 4.79 Å². The zero-order valence-electron chi connectivity index (χ0n) is 14.9. The third kappa shape index (κ3) is 4.86. The Bertz CT molecular complexity index is 731. The standard InChI is InChI=1S/C20H23ClN2O2S/c1-2-25-19-6-4-3-5-18(19)22-11-13-23(14-12-22)20(24)15-26-17-9-7-16(21)8-10-17/h3-10H,2,11-15H2,1H3. The molecule has 1 fully saturated rings. The van der Waals surface area contributed by atoms with Crippen molar-refractivity contribution in [3.8, 4) is 5.75 Å². The molecule has 1 saturated heterocycles. The van der Waals surface area contributed by atoms with Crippen molar-refractivity contribution >= 4 is 35.0 Å². The number of carbonyl (C=O) groups excluding carboxylic acids is 1. The summed E-state index contributed by atoms with van der Waals surface area (Å²) in [6, 6.07) is 15.7. The zero-order valence-corrected chi connectivity index (χ0v) is 16.4. The summed E-state index contributed by atoms with van der Waals surface area (Å²) >= 11 is 7.45. The van der Waals surface area contributed by atoms with Crippen LogP contribution in [0.4, 0.5) is 5.69 Å². The Hall–Kier alpha value is -1.85. The van der Waals surface area contributed by atoms with Gasteiger partial charge in [-0.2, -0.15) is 0 Å². The van der Waals surface area contributed by atoms with Crippen molar-refractivity contribution < 1.29 is 9.53 Å². The highest BCUT2D eigenvalue weighted by Crippen LogP contribution is 2.29. The van der Waals surface area contributed by atoms with Crippen LogP contribution >= 0.6 is 23.4 Å². The van der Waals surface area contributed by atoms with E-state index in [0.717, 1.165) is 42.5 Å². The monoisotopic (exact) mass is 390 g/mol. The normalized spacial score (nSPS) is 14.4. The van der Waals surface area contributed by atoms with Crippen LogP contribution in [0.2, 0.25) is 5.02 Å². The summed E-state index contributed by atoms with van der Waals surface area (Å²) in [5, 5.41) is 0.712. The minimum absolute atomic E-state index is 0.183. The number of para-hydroxylation sites is 2. The van der Waals surface area contributed by atoms with Gasteiger partial charge in [0.2, 0.25) is 5.91 Å². The number of halogens is 1. The van der Waals surface area contributed by atoms with Crippen molar-refractivity contribution in [2.75, 3.05) is 43.4 Å². The second-order valence-corrected chi connectivity index (χ2v) is 7.50. The van der Waals surface area contributed by atoms with E-state index in [1.165, 1.54) is 0 Å². The van der Waals surface area contributed by atoms with E-state index >= 15 is 0 Å². The van der Waals surface area contributed by atoms with E-state index in [-0.39, 0.29) is 5.91 Å². The van der Waals surface area contributed by atoms with Gasteiger partial charge >= 0.3 is 0 Å². The van der Waals surface area contributed by atoms with Crippen molar-refractivity contribution in [3.63, 3.8) is 0 Å². The van der Waals surface area contributed by atoms with Gasteiger partial charge in [-0.1, -0.05) is 23.7 Å².